The summed E-state index contributed by atoms with van der Waals surface area (Å²) in [6.45, 7) is 14.4. The van der Waals surface area contributed by atoms with Gasteiger partial charge < -0.3 is 20.3 Å². The van der Waals surface area contributed by atoms with Gasteiger partial charge in [-0.15, -0.1) is 24.0 Å². The summed E-state index contributed by atoms with van der Waals surface area (Å²) in [5.74, 6) is 0.813. The van der Waals surface area contributed by atoms with E-state index in [2.05, 4.69) is 34.5 Å². The number of carbonyl (C=O) groups excluding carboxylic acids is 1. The first-order valence-corrected chi connectivity index (χ1v) is 10.2. The zero-order chi connectivity index (χ0) is 21.0. The highest BCUT2D eigenvalue weighted by atomic mass is 127. The Morgan fingerprint density at radius 1 is 1.34 bits per heavy atom. The van der Waals surface area contributed by atoms with E-state index in [0.29, 0.717) is 25.7 Å². The van der Waals surface area contributed by atoms with Crippen molar-refractivity contribution in [3.63, 3.8) is 0 Å². The highest BCUT2D eigenvalue weighted by Gasteiger charge is 2.22. The molecule has 1 amide bonds. The summed E-state index contributed by atoms with van der Waals surface area (Å²) in [7, 11) is 0. The van der Waals surface area contributed by atoms with Crippen molar-refractivity contribution in [3.05, 3.63) is 30.1 Å². The van der Waals surface area contributed by atoms with E-state index in [0.717, 1.165) is 30.9 Å². The molecule has 1 aromatic heterocycles. The summed E-state index contributed by atoms with van der Waals surface area (Å²) in [4.78, 5) is 23.1. The molecule has 8 heteroatoms. The van der Waals surface area contributed by atoms with Gasteiger partial charge in [-0.2, -0.15) is 0 Å². The van der Waals surface area contributed by atoms with Crippen LogP contribution in [0.2, 0.25) is 0 Å². The molecule has 0 fully saturated rings. The minimum Gasteiger partial charge on any atom is -0.444 e. The maximum atomic E-state index is 12.6. The topological polar surface area (TPSA) is 78.9 Å². The lowest BCUT2D eigenvalue weighted by molar-refractivity contribution is 0.0232. The number of pyridine rings is 1. The third-order valence-electron chi connectivity index (χ3n) is 3.94. The predicted molar refractivity (Wildman–Crippen MR) is 130 cm³/mol. The van der Waals surface area contributed by atoms with Crippen LogP contribution in [0.3, 0.4) is 0 Å². The number of hydrogen-bond donors (Lipinski definition) is 2. The molecule has 1 unspecified atom stereocenters. The molecule has 0 saturated carbocycles. The molecular formula is C21H38IN5O2. The number of rotatable bonds is 9. The van der Waals surface area contributed by atoms with Crippen molar-refractivity contribution in [3.8, 4) is 0 Å². The van der Waals surface area contributed by atoms with Crippen LogP contribution in [0.4, 0.5) is 4.79 Å². The molecule has 1 rings (SSSR count). The zero-order valence-electron chi connectivity index (χ0n) is 18.7. The first kappa shape index (κ1) is 27.4. The second-order valence-corrected chi connectivity index (χ2v) is 7.83. The minimum atomic E-state index is -0.527. The summed E-state index contributed by atoms with van der Waals surface area (Å²) in [5, 5.41) is 6.63. The number of ether oxygens (including phenoxy) is 1. The summed E-state index contributed by atoms with van der Waals surface area (Å²) >= 11 is 0. The molecule has 1 aromatic rings. The van der Waals surface area contributed by atoms with Crippen LogP contribution in [-0.2, 0) is 11.3 Å². The number of carbonyl (C=O) groups is 1. The van der Waals surface area contributed by atoms with E-state index < -0.39 is 5.60 Å². The van der Waals surface area contributed by atoms with Gasteiger partial charge in [-0.25, -0.2) is 4.79 Å². The molecule has 0 aliphatic rings. The van der Waals surface area contributed by atoms with Gasteiger partial charge in [0.25, 0.3) is 0 Å². The lowest BCUT2D eigenvalue weighted by atomic mass is 10.2. The number of halogens is 1. The number of nitrogens with one attached hydrogen (secondary N) is 2. The van der Waals surface area contributed by atoms with Crippen molar-refractivity contribution < 1.29 is 9.53 Å². The van der Waals surface area contributed by atoms with E-state index in [1.165, 1.54) is 0 Å². The van der Waals surface area contributed by atoms with E-state index in [1.807, 2.05) is 39.8 Å². The standard InChI is InChI=1S/C21H37N5O2.HI/c1-7-17(3)25-19(23-8-2)24-13-10-14-26(20(27)28-21(4,5)6)16-18-11-9-12-22-15-18;/h9,11-12,15,17H,7-8,10,13-14,16H2,1-6H3,(H2,23,24,25);1H. The average molecular weight is 519 g/mol. The molecule has 0 aliphatic heterocycles. The van der Waals surface area contributed by atoms with Crippen LogP contribution in [0.25, 0.3) is 0 Å². The monoisotopic (exact) mass is 519 g/mol. The number of guanidine groups is 1. The van der Waals surface area contributed by atoms with Crippen LogP contribution < -0.4 is 10.6 Å². The minimum absolute atomic E-state index is 0. The van der Waals surface area contributed by atoms with Gasteiger partial charge in [-0.05, 0) is 59.1 Å². The van der Waals surface area contributed by atoms with Gasteiger partial charge in [-0.1, -0.05) is 13.0 Å². The molecule has 0 aliphatic carbocycles. The largest absolute Gasteiger partial charge is 0.444 e. The Morgan fingerprint density at radius 2 is 2.07 bits per heavy atom. The maximum absolute atomic E-state index is 12.6. The lowest BCUT2D eigenvalue weighted by Crippen LogP contribution is -2.42. The molecule has 0 bridgehead atoms. The van der Waals surface area contributed by atoms with Gasteiger partial charge in [0, 0.05) is 38.1 Å². The van der Waals surface area contributed by atoms with Gasteiger partial charge >= 0.3 is 6.09 Å². The normalized spacial score (nSPS) is 12.6. The van der Waals surface area contributed by atoms with Crippen molar-refractivity contribution >= 4 is 36.0 Å². The highest BCUT2D eigenvalue weighted by Crippen LogP contribution is 2.13. The first-order valence-electron chi connectivity index (χ1n) is 10.2. The van der Waals surface area contributed by atoms with Gasteiger partial charge in [0.15, 0.2) is 5.96 Å². The Hall–Kier alpha value is -1.58. The molecule has 0 radical (unpaired) electrons. The van der Waals surface area contributed by atoms with Crippen molar-refractivity contribution in [1.82, 2.24) is 20.5 Å². The molecule has 0 aromatic carbocycles. The van der Waals surface area contributed by atoms with E-state index in [-0.39, 0.29) is 30.1 Å². The molecule has 7 nitrogen and oxygen atoms in total. The fourth-order valence-corrected chi connectivity index (χ4v) is 2.38. The highest BCUT2D eigenvalue weighted by molar-refractivity contribution is 14.0. The molecule has 1 atom stereocenters. The van der Waals surface area contributed by atoms with E-state index in [9.17, 15) is 4.79 Å². The van der Waals surface area contributed by atoms with Crippen LogP contribution >= 0.6 is 24.0 Å². The number of aromatic nitrogens is 1. The number of aliphatic imine (C=N–C) groups is 1. The molecule has 0 saturated heterocycles. The second kappa shape index (κ2) is 14.4. The van der Waals surface area contributed by atoms with Crippen molar-refractivity contribution in [2.45, 2.75) is 72.6 Å². The molecular weight excluding hydrogens is 481 g/mol. The summed E-state index contributed by atoms with van der Waals surface area (Å²) in [6, 6.07) is 4.19. The lowest BCUT2D eigenvalue weighted by Gasteiger charge is -2.27. The molecule has 166 valence electrons. The average Bonchev–Trinajstić information content (AvgIpc) is 2.63. The predicted octanol–water partition coefficient (Wildman–Crippen LogP) is 4.18. The SMILES string of the molecule is CCNC(=NCCCN(Cc1cccnc1)C(=O)OC(C)(C)C)NC(C)CC.I. The van der Waals surface area contributed by atoms with Gasteiger partial charge in [0.2, 0.25) is 0 Å². The van der Waals surface area contributed by atoms with Gasteiger partial charge in [0.1, 0.15) is 5.60 Å². The maximum Gasteiger partial charge on any atom is 0.410 e. The van der Waals surface area contributed by atoms with E-state index in [4.69, 9.17) is 4.74 Å². The summed E-state index contributed by atoms with van der Waals surface area (Å²) < 4.78 is 5.56. The third-order valence-corrected chi connectivity index (χ3v) is 3.94. The van der Waals surface area contributed by atoms with Crippen LogP contribution in [0.1, 0.15) is 59.9 Å². The fraction of sp³-hybridized carbons (Fsp3) is 0.667. The Kier molecular flexibility index (Phi) is 13.6. The Bertz CT molecular complexity index is 605. The summed E-state index contributed by atoms with van der Waals surface area (Å²) in [5.41, 5.74) is 0.449. The number of nitrogens with zero attached hydrogens (tertiary/aromatic N) is 3. The van der Waals surface area contributed by atoms with E-state index in [1.54, 1.807) is 17.3 Å². The Labute approximate surface area is 193 Å². The first-order chi connectivity index (χ1) is 13.2. The Balaban J connectivity index is 0.00000784. The Morgan fingerprint density at radius 3 is 2.62 bits per heavy atom. The fourth-order valence-electron chi connectivity index (χ4n) is 2.38. The number of amides is 1. The molecule has 1 heterocycles. The third kappa shape index (κ3) is 12.6. The summed E-state index contributed by atoms with van der Waals surface area (Å²) in [6.07, 6.45) is 4.96. The zero-order valence-corrected chi connectivity index (χ0v) is 21.0. The van der Waals surface area contributed by atoms with Crippen LogP contribution in [0, 0.1) is 0 Å². The molecule has 0 spiro atoms. The van der Waals surface area contributed by atoms with Crippen LogP contribution in [-0.4, -0.2) is 53.2 Å². The van der Waals surface area contributed by atoms with Crippen molar-refractivity contribution in [2.75, 3.05) is 19.6 Å². The van der Waals surface area contributed by atoms with Crippen molar-refractivity contribution in [2.24, 2.45) is 4.99 Å². The second-order valence-electron chi connectivity index (χ2n) is 7.83. The van der Waals surface area contributed by atoms with Crippen LogP contribution in [0.5, 0.6) is 0 Å². The van der Waals surface area contributed by atoms with Gasteiger partial charge in [0.05, 0.1) is 6.54 Å². The molecule has 29 heavy (non-hydrogen) atoms. The van der Waals surface area contributed by atoms with E-state index >= 15 is 0 Å². The molecule has 2 N–H and O–H groups in total. The quantitative estimate of drug-likeness (QED) is 0.222. The van der Waals surface area contributed by atoms with Crippen LogP contribution in [0.15, 0.2) is 29.5 Å². The van der Waals surface area contributed by atoms with Gasteiger partial charge in [-0.3, -0.25) is 9.98 Å². The van der Waals surface area contributed by atoms with Crippen molar-refractivity contribution in [1.29, 1.82) is 0 Å². The smallest absolute Gasteiger partial charge is 0.410 e. The number of hydrogen-bond acceptors (Lipinski definition) is 4.